The van der Waals surface area contributed by atoms with Crippen molar-refractivity contribution < 1.29 is 14.1 Å². The Balaban J connectivity index is 1.41. The van der Waals surface area contributed by atoms with E-state index in [2.05, 4.69) is 15.4 Å². The summed E-state index contributed by atoms with van der Waals surface area (Å²) in [5.74, 6) is 1.89. The lowest BCUT2D eigenvalue weighted by Gasteiger charge is -2.35. The van der Waals surface area contributed by atoms with E-state index in [0.29, 0.717) is 11.6 Å². The maximum atomic E-state index is 13.8. The topological polar surface area (TPSA) is 84.2 Å². The average Bonchev–Trinajstić information content (AvgIpc) is 3.60. The number of ether oxygens (including phenoxy) is 1. The molecular formula is C28H28N4O3. The quantitative estimate of drug-likeness (QED) is 0.370. The van der Waals surface area contributed by atoms with Crippen molar-refractivity contribution in [2.24, 2.45) is 5.92 Å². The first kappa shape index (κ1) is 21.6. The summed E-state index contributed by atoms with van der Waals surface area (Å²) in [6, 6.07) is 17.8. The van der Waals surface area contributed by atoms with Crippen LogP contribution in [0.15, 0.2) is 59.1 Å². The Morgan fingerprint density at radius 2 is 1.71 bits per heavy atom. The molecule has 1 saturated carbocycles. The van der Waals surface area contributed by atoms with Crippen LogP contribution in [0.1, 0.15) is 59.9 Å². The van der Waals surface area contributed by atoms with E-state index < -0.39 is 0 Å². The molecular weight excluding hydrogens is 440 g/mol. The van der Waals surface area contributed by atoms with Crippen LogP contribution >= 0.6 is 0 Å². The first-order valence-corrected chi connectivity index (χ1v) is 12.2. The van der Waals surface area contributed by atoms with E-state index in [4.69, 9.17) is 9.26 Å². The first-order chi connectivity index (χ1) is 17.1. The molecule has 1 amide bonds. The van der Waals surface area contributed by atoms with Crippen molar-refractivity contribution >= 4 is 11.6 Å². The summed E-state index contributed by atoms with van der Waals surface area (Å²) < 4.78 is 10.7. The zero-order chi connectivity index (χ0) is 23.9. The smallest absolute Gasteiger partial charge is 0.277 e. The fourth-order valence-corrected chi connectivity index (χ4v) is 5.61. The van der Waals surface area contributed by atoms with Crippen LogP contribution in [-0.4, -0.2) is 28.4 Å². The van der Waals surface area contributed by atoms with Crippen molar-refractivity contribution in [2.45, 2.75) is 45.1 Å². The monoisotopic (exact) mass is 468 g/mol. The maximum absolute atomic E-state index is 13.8. The lowest BCUT2D eigenvalue weighted by Crippen LogP contribution is -2.33. The molecule has 2 aliphatic rings. The van der Waals surface area contributed by atoms with E-state index >= 15 is 0 Å². The molecule has 6 rings (SSSR count). The Morgan fingerprint density at radius 3 is 2.37 bits per heavy atom. The molecule has 1 fully saturated rings. The minimum atomic E-state index is -0.0491. The molecule has 0 saturated heterocycles. The van der Waals surface area contributed by atoms with Gasteiger partial charge in [0.2, 0.25) is 0 Å². The molecule has 0 spiro atoms. The molecule has 7 nitrogen and oxygen atoms in total. The summed E-state index contributed by atoms with van der Waals surface area (Å²) >= 11 is 0. The van der Waals surface area contributed by atoms with Crippen molar-refractivity contribution in [3.8, 4) is 28.3 Å². The summed E-state index contributed by atoms with van der Waals surface area (Å²) in [6.45, 7) is 1.90. The van der Waals surface area contributed by atoms with Crippen molar-refractivity contribution in [3.05, 3.63) is 71.5 Å². The third-order valence-electron chi connectivity index (χ3n) is 7.33. The highest BCUT2D eigenvalue weighted by Crippen LogP contribution is 2.49. The number of hydrogen-bond donors (Lipinski definition) is 1. The molecule has 1 N–H and O–H groups in total. The van der Waals surface area contributed by atoms with Crippen LogP contribution < -0.4 is 9.64 Å². The van der Waals surface area contributed by atoms with E-state index in [1.165, 1.54) is 19.3 Å². The number of methoxy groups -OCH3 is 1. The molecule has 2 aromatic heterocycles. The van der Waals surface area contributed by atoms with Gasteiger partial charge in [-0.15, -0.1) is 0 Å². The molecule has 2 aromatic carbocycles. The standard InChI is InChI=1S/C28H28N4O3/c1-17-16-23(35-31-17)18-8-12-21(13-9-18)32-27(20-6-4-3-5-7-20)24-25(29-30-26(24)28(32)33)19-10-14-22(34-2)15-11-19/h8-16,20,27H,3-7H2,1-2H3,(H,29,30). The Labute approximate surface area is 204 Å². The van der Waals surface area contributed by atoms with Gasteiger partial charge in [0.15, 0.2) is 5.76 Å². The number of H-pyrrole nitrogens is 1. The Hall–Kier alpha value is -3.87. The van der Waals surface area contributed by atoms with Crippen LogP contribution in [0.25, 0.3) is 22.6 Å². The number of aryl methyl sites for hydroxylation is 1. The summed E-state index contributed by atoms with van der Waals surface area (Å²) in [5, 5.41) is 11.7. The van der Waals surface area contributed by atoms with Gasteiger partial charge in [-0.2, -0.15) is 5.10 Å². The number of hydrogen-bond acceptors (Lipinski definition) is 5. The number of fused-ring (bicyclic) bond motifs is 1. The largest absolute Gasteiger partial charge is 0.497 e. The minimum absolute atomic E-state index is 0.0221. The van der Waals surface area contributed by atoms with Crippen LogP contribution in [0, 0.1) is 12.8 Å². The van der Waals surface area contributed by atoms with Gasteiger partial charge in [-0.3, -0.25) is 14.8 Å². The highest BCUT2D eigenvalue weighted by atomic mass is 16.5. The molecule has 3 heterocycles. The average molecular weight is 469 g/mol. The number of benzene rings is 2. The molecule has 7 heteroatoms. The summed E-state index contributed by atoms with van der Waals surface area (Å²) in [7, 11) is 1.66. The van der Waals surface area contributed by atoms with Gasteiger partial charge in [-0.25, -0.2) is 0 Å². The van der Waals surface area contributed by atoms with E-state index in [1.54, 1.807) is 7.11 Å². The van der Waals surface area contributed by atoms with Gasteiger partial charge in [-0.1, -0.05) is 24.4 Å². The molecule has 1 aliphatic carbocycles. The number of rotatable bonds is 5. The van der Waals surface area contributed by atoms with E-state index in [-0.39, 0.29) is 11.9 Å². The Morgan fingerprint density at radius 1 is 1.00 bits per heavy atom. The number of anilines is 1. The van der Waals surface area contributed by atoms with E-state index in [1.807, 2.05) is 66.4 Å². The third-order valence-corrected chi connectivity index (χ3v) is 7.33. The number of carbonyl (C=O) groups is 1. The highest BCUT2D eigenvalue weighted by Gasteiger charge is 2.45. The van der Waals surface area contributed by atoms with E-state index in [9.17, 15) is 4.79 Å². The first-order valence-electron chi connectivity index (χ1n) is 12.2. The van der Waals surface area contributed by atoms with Crippen LogP contribution in [0.3, 0.4) is 0 Å². The lowest BCUT2D eigenvalue weighted by atomic mass is 9.80. The second-order valence-electron chi connectivity index (χ2n) is 9.49. The molecule has 178 valence electrons. The van der Waals surface area contributed by atoms with Gasteiger partial charge in [0.05, 0.1) is 24.5 Å². The van der Waals surface area contributed by atoms with Crippen LogP contribution in [0.4, 0.5) is 5.69 Å². The lowest BCUT2D eigenvalue weighted by molar-refractivity contribution is 0.0977. The number of aromatic nitrogens is 3. The Bertz CT molecular complexity index is 1350. The second-order valence-corrected chi connectivity index (χ2v) is 9.49. The fourth-order valence-electron chi connectivity index (χ4n) is 5.61. The van der Waals surface area contributed by atoms with Gasteiger partial charge in [0.1, 0.15) is 11.4 Å². The molecule has 1 unspecified atom stereocenters. The molecule has 1 atom stereocenters. The number of amides is 1. The van der Waals surface area contributed by atoms with Gasteiger partial charge >= 0.3 is 0 Å². The SMILES string of the molecule is COc1ccc(-c2n[nH]c3c2C(C2CCCCC2)N(c2ccc(-c4cc(C)no4)cc2)C3=O)cc1. The van der Waals surface area contributed by atoms with Crippen LogP contribution in [-0.2, 0) is 0 Å². The maximum Gasteiger partial charge on any atom is 0.277 e. The minimum Gasteiger partial charge on any atom is -0.497 e. The Kier molecular flexibility index (Phi) is 5.40. The number of nitrogens with zero attached hydrogens (tertiary/aromatic N) is 3. The van der Waals surface area contributed by atoms with Crippen molar-refractivity contribution in [1.82, 2.24) is 15.4 Å². The summed E-state index contributed by atoms with van der Waals surface area (Å²) in [4.78, 5) is 15.7. The van der Waals surface area contributed by atoms with Crippen molar-refractivity contribution in [3.63, 3.8) is 0 Å². The zero-order valence-corrected chi connectivity index (χ0v) is 20.0. The number of aromatic amines is 1. The predicted octanol–water partition coefficient (Wildman–Crippen LogP) is 6.33. The fraction of sp³-hybridized carbons (Fsp3) is 0.321. The number of carbonyl (C=O) groups excluding carboxylic acids is 1. The molecule has 0 radical (unpaired) electrons. The van der Waals surface area contributed by atoms with Gasteiger partial charge in [-0.05, 0) is 74.2 Å². The van der Waals surface area contributed by atoms with Crippen LogP contribution in [0.5, 0.6) is 5.75 Å². The summed E-state index contributed by atoms with van der Waals surface area (Å²) in [5.41, 5.74) is 6.11. The third kappa shape index (κ3) is 3.71. The zero-order valence-electron chi connectivity index (χ0n) is 20.0. The van der Waals surface area contributed by atoms with Crippen molar-refractivity contribution in [1.29, 1.82) is 0 Å². The number of nitrogens with one attached hydrogen (secondary N) is 1. The normalized spacial score (nSPS) is 18.2. The van der Waals surface area contributed by atoms with Crippen LogP contribution in [0.2, 0.25) is 0 Å². The molecule has 1 aliphatic heterocycles. The molecule has 4 aromatic rings. The van der Waals surface area contributed by atoms with Gasteiger partial charge in [0, 0.05) is 28.4 Å². The molecule has 35 heavy (non-hydrogen) atoms. The molecule has 0 bridgehead atoms. The van der Waals surface area contributed by atoms with Crippen molar-refractivity contribution in [2.75, 3.05) is 12.0 Å². The van der Waals surface area contributed by atoms with E-state index in [0.717, 1.165) is 58.1 Å². The highest BCUT2D eigenvalue weighted by molar-refractivity contribution is 6.11. The van der Waals surface area contributed by atoms with Gasteiger partial charge < -0.3 is 9.26 Å². The predicted molar refractivity (Wildman–Crippen MR) is 133 cm³/mol. The van der Waals surface area contributed by atoms with Gasteiger partial charge in [0.25, 0.3) is 5.91 Å². The summed E-state index contributed by atoms with van der Waals surface area (Å²) in [6.07, 6.45) is 5.86. The second kappa shape index (κ2) is 8.73.